The van der Waals surface area contributed by atoms with Gasteiger partial charge in [-0.25, -0.2) is 0 Å². The monoisotopic (exact) mass is 306 g/mol. The molecule has 0 aromatic carbocycles. The normalized spacial score (nSPS) is 31.6. The summed E-state index contributed by atoms with van der Waals surface area (Å²) in [4.78, 5) is 17.6. The van der Waals surface area contributed by atoms with Crippen molar-refractivity contribution in [3.05, 3.63) is 0 Å². The molecule has 2 heterocycles. The molecule has 3 fully saturated rings. The van der Waals surface area contributed by atoms with Gasteiger partial charge in [0, 0.05) is 31.5 Å². The van der Waals surface area contributed by atoms with Gasteiger partial charge in [0.15, 0.2) is 0 Å². The van der Waals surface area contributed by atoms with E-state index >= 15 is 0 Å². The average molecular weight is 306 g/mol. The molecule has 0 bridgehead atoms. The van der Waals surface area contributed by atoms with Crippen LogP contribution >= 0.6 is 0 Å². The third-order valence-electron chi connectivity index (χ3n) is 6.39. The number of carbonyl (C=O) groups is 1. The molecule has 1 aliphatic carbocycles. The minimum atomic E-state index is 0.411. The van der Waals surface area contributed by atoms with Crippen molar-refractivity contribution in [2.75, 3.05) is 32.7 Å². The van der Waals surface area contributed by atoms with E-state index in [0.29, 0.717) is 17.2 Å². The molecule has 1 spiro atoms. The zero-order valence-electron chi connectivity index (χ0n) is 14.5. The fourth-order valence-corrected chi connectivity index (χ4v) is 5.10. The minimum absolute atomic E-state index is 0.411. The summed E-state index contributed by atoms with van der Waals surface area (Å²) in [7, 11) is 0. The highest BCUT2D eigenvalue weighted by Crippen LogP contribution is 2.39. The number of carbonyl (C=O) groups excluding carboxylic acids is 1. The molecule has 1 unspecified atom stereocenters. The quantitative estimate of drug-likeness (QED) is 0.794. The van der Waals surface area contributed by atoms with E-state index in [1.165, 1.54) is 70.9 Å². The number of piperidine rings is 2. The van der Waals surface area contributed by atoms with Crippen LogP contribution in [0.1, 0.15) is 71.1 Å². The summed E-state index contributed by atoms with van der Waals surface area (Å²) in [6.07, 6.45) is 12.7. The van der Waals surface area contributed by atoms with Crippen molar-refractivity contribution in [1.82, 2.24) is 9.80 Å². The van der Waals surface area contributed by atoms with Crippen LogP contribution in [0.4, 0.5) is 0 Å². The zero-order valence-corrected chi connectivity index (χ0v) is 14.5. The number of likely N-dealkylation sites (tertiary alicyclic amines) is 2. The Kier molecular flexibility index (Phi) is 5.43. The van der Waals surface area contributed by atoms with Crippen molar-refractivity contribution < 1.29 is 4.79 Å². The molecular formula is C19H34N2O. The van der Waals surface area contributed by atoms with Crippen LogP contribution in [0, 0.1) is 11.3 Å². The lowest BCUT2D eigenvalue weighted by atomic mass is 9.73. The highest BCUT2D eigenvalue weighted by atomic mass is 16.2. The van der Waals surface area contributed by atoms with Gasteiger partial charge in [0.05, 0.1) is 0 Å². The molecule has 2 saturated heterocycles. The molecule has 1 saturated carbocycles. The van der Waals surface area contributed by atoms with Crippen LogP contribution in [-0.4, -0.2) is 48.4 Å². The largest absolute Gasteiger partial charge is 0.342 e. The van der Waals surface area contributed by atoms with Crippen LogP contribution < -0.4 is 0 Å². The highest BCUT2D eigenvalue weighted by molar-refractivity contribution is 5.76. The van der Waals surface area contributed by atoms with Gasteiger partial charge in [-0.1, -0.05) is 26.2 Å². The number of amides is 1. The molecule has 0 N–H and O–H groups in total. The molecule has 3 heteroatoms. The maximum absolute atomic E-state index is 12.8. The van der Waals surface area contributed by atoms with Crippen LogP contribution in [0.25, 0.3) is 0 Å². The lowest BCUT2D eigenvalue weighted by molar-refractivity contribution is -0.137. The van der Waals surface area contributed by atoms with Crippen molar-refractivity contribution in [3.63, 3.8) is 0 Å². The van der Waals surface area contributed by atoms with Crippen LogP contribution in [-0.2, 0) is 4.79 Å². The van der Waals surface area contributed by atoms with Gasteiger partial charge >= 0.3 is 0 Å². The van der Waals surface area contributed by atoms with E-state index < -0.39 is 0 Å². The van der Waals surface area contributed by atoms with Crippen molar-refractivity contribution in [2.45, 2.75) is 71.1 Å². The Morgan fingerprint density at radius 3 is 2.45 bits per heavy atom. The smallest absolute Gasteiger partial charge is 0.222 e. The Labute approximate surface area is 136 Å². The lowest BCUT2D eigenvalue weighted by Crippen LogP contribution is -2.53. The highest BCUT2D eigenvalue weighted by Gasteiger charge is 2.40. The summed E-state index contributed by atoms with van der Waals surface area (Å²) in [6, 6.07) is 0. The Bertz CT molecular complexity index is 374. The van der Waals surface area contributed by atoms with Crippen LogP contribution in [0.3, 0.4) is 0 Å². The third-order valence-corrected chi connectivity index (χ3v) is 6.39. The first-order chi connectivity index (χ1) is 10.7. The SMILES string of the molecule is CCN1CCCC2(CCCN(C(=O)CC3CCCCC3)C2)C1. The summed E-state index contributed by atoms with van der Waals surface area (Å²) in [6.45, 7) is 7.96. The molecule has 0 radical (unpaired) electrons. The van der Waals surface area contributed by atoms with Crippen LogP contribution in [0.5, 0.6) is 0 Å². The molecule has 0 aromatic rings. The van der Waals surface area contributed by atoms with E-state index in [-0.39, 0.29) is 0 Å². The van der Waals surface area contributed by atoms with Crippen LogP contribution in [0.2, 0.25) is 0 Å². The number of hydrogen-bond donors (Lipinski definition) is 0. The van der Waals surface area contributed by atoms with Gasteiger partial charge in [-0.05, 0) is 57.5 Å². The fourth-order valence-electron chi connectivity index (χ4n) is 5.10. The number of nitrogens with zero attached hydrogens (tertiary/aromatic N) is 2. The van der Waals surface area contributed by atoms with Crippen molar-refractivity contribution in [3.8, 4) is 0 Å². The predicted molar refractivity (Wildman–Crippen MR) is 90.8 cm³/mol. The Hall–Kier alpha value is -0.570. The van der Waals surface area contributed by atoms with Gasteiger partial charge in [0.25, 0.3) is 0 Å². The van der Waals surface area contributed by atoms with Gasteiger partial charge < -0.3 is 9.80 Å². The molecule has 1 amide bonds. The van der Waals surface area contributed by atoms with E-state index in [1.807, 2.05) is 0 Å². The first-order valence-corrected chi connectivity index (χ1v) is 9.71. The summed E-state index contributed by atoms with van der Waals surface area (Å²) in [5, 5.41) is 0. The summed E-state index contributed by atoms with van der Waals surface area (Å²) >= 11 is 0. The van der Waals surface area contributed by atoms with Gasteiger partial charge in [-0.2, -0.15) is 0 Å². The molecule has 126 valence electrons. The van der Waals surface area contributed by atoms with Gasteiger partial charge in [0.1, 0.15) is 0 Å². The maximum Gasteiger partial charge on any atom is 0.222 e. The third kappa shape index (κ3) is 3.84. The first-order valence-electron chi connectivity index (χ1n) is 9.71. The van der Waals surface area contributed by atoms with Crippen molar-refractivity contribution >= 4 is 5.91 Å². The van der Waals surface area contributed by atoms with Crippen molar-refractivity contribution in [1.29, 1.82) is 0 Å². The van der Waals surface area contributed by atoms with Crippen LogP contribution in [0.15, 0.2) is 0 Å². The molecule has 3 rings (SSSR count). The second-order valence-corrected chi connectivity index (χ2v) is 8.10. The molecule has 3 nitrogen and oxygen atoms in total. The summed E-state index contributed by atoms with van der Waals surface area (Å²) in [5.74, 6) is 1.14. The van der Waals surface area contributed by atoms with Gasteiger partial charge in [-0.15, -0.1) is 0 Å². The average Bonchev–Trinajstić information content (AvgIpc) is 2.56. The Morgan fingerprint density at radius 2 is 1.73 bits per heavy atom. The maximum atomic E-state index is 12.8. The second kappa shape index (κ2) is 7.33. The lowest BCUT2D eigenvalue weighted by Gasteiger charge is -2.48. The standard InChI is InChI=1S/C19H34N2O/c1-2-20-12-6-10-19(15-20)11-7-13-21(16-19)18(22)14-17-8-4-3-5-9-17/h17H,2-16H2,1H3. The van der Waals surface area contributed by atoms with E-state index in [9.17, 15) is 4.79 Å². The molecule has 2 aliphatic heterocycles. The molecule has 1 atom stereocenters. The molecule has 22 heavy (non-hydrogen) atoms. The van der Waals surface area contributed by atoms with Gasteiger partial charge in [0.2, 0.25) is 5.91 Å². The summed E-state index contributed by atoms with van der Waals surface area (Å²) < 4.78 is 0. The minimum Gasteiger partial charge on any atom is -0.342 e. The number of hydrogen-bond acceptors (Lipinski definition) is 2. The zero-order chi connectivity index (χ0) is 15.4. The summed E-state index contributed by atoms with van der Waals surface area (Å²) in [5.41, 5.74) is 0.411. The second-order valence-electron chi connectivity index (χ2n) is 8.10. The fraction of sp³-hybridized carbons (Fsp3) is 0.947. The first kappa shape index (κ1) is 16.3. The Balaban J connectivity index is 1.56. The molecule has 3 aliphatic rings. The van der Waals surface area contributed by atoms with E-state index in [4.69, 9.17) is 0 Å². The molecular weight excluding hydrogens is 272 g/mol. The van der Waals surface area contributed by atoms with Crippen molar-refractivity contribution in [2.24, 2.45) is 11.3 Å². The van der Waals surface area contributed by atoms with E-state index in [0.717, 1.165) is 26.1 Å². The number of rotatable bonds is 3. The Morgan fingerprint density at radius 1 is 1.00 bits per heavy atom. The predicted octanol–water partition coefficient (Wildman–Crippen LogP) is 3.68. The molecule has 0 aromatic heterocycles. The van der Waals surface area contributed by atoms with E-state index in [2.05, 4.69) is 16.7 Å². The van der Waals surface area contributed by atoms with Gasteiger partial charge in [-0.3, -0.25) is 4.79 Å². The van der Waals surface area contributed by atoms with E-state index in [1.54, 1.807) is 0 Å². The topological polar surface area (TPSA) is 23.6 Å².